The molecule has 1 aromatic heterocycles. The summed E-state index contributed by atoms with van der Waals surface area (Å²) in [6, 6.07) is 12.8. The fourth-order valence-corrected chi connectivity index (χ4v) is 2.68. The molecule has 19 heavy (non-hydrogen) atoms. The third-order valence-electron chi connectivity index (χ3n) is 2.62. The number of anilines is 1. The standard InChI is InChI=1S/C13H8BrN3OS/c14-9-4-1-3-8(7-9)13(18)15-10-5-2-6-11-12(10)17-19-16-11/h1-7H,(H,15,18). The molecule has 6 heteroatoms. The van der Waals surface area contributed by atoms with E-state index in [9.17, 15) is 4.79 Å². The van der Waals surface area contributed by atoms with Crippen molar-refractivity contribution in [3.05, 3.63) is 52.5 Å². The van der Waals surface area contributed by atoms with E-state index in [2.05, 4.69) is 30.0 Å². The van der Waals surface area contributed by atoms with Crippen molar-refractivity contribution in [2.45, 2.75) is 0 Å². The van der Waals surface area contributed by atoms with E-state index in [4.69, 9.17) is 0 Å². The molecule has 0 aliphatic rings. The average molecular weight is 334 g/mol. The molecule has 2 aromatic carbocycles. The van der Waals surface area contributed by atoms with Crippen LogP contribution >= 0.6 is 27.7 Å². The van der Waals surface area contributed by atoms with Crippen LogP contribution in [0.25, 0.3) is 11.0 Å². The summed E-state index contributed by atoms with van der Waals surface area (Å²) in [7, 11) is 0. The van der Waals surface area contributed by atoms with Crippen molar-refractivity contribution in [2.75, 3.05) is 5.32 Å². The van der Waals surface area contributed by atoms with Crippen LogP contribution in [-0.2, 0) is 0 Å². The molecule has 0 unspecified atom stereocenters. The molecule has 1 heterocycles. The number of carbonyl (C=O) groups is 1. The van der Waals surface area contributed by atoms with Crippen molar-refractivity contribution in [3.8, 4) is 0 Å². The number of nitrogens with zero attached hydrogens (tertiary/aromatic N) is 2. The predicted octanol–water partition coefficient (Wildman–Crippen LogP) is 3.71. The van der Waals surface area contributed by atoms with Gasteiger partial charge in [0.2, 0.25) is 0 Å². The van der Waals surface area contributed by atoms with Crippen LogP contribution in [0.15, 0.2) is 46.9 Å². The summed E-state index contributed by atoms with van der Waals surface area (Å²) in [6.45, 7) is 0. The van der Waals surface area contributed by atoms with Gasteiger partial charge >= 0.3 is 0 Å². The maximum atomic E-state index is 12.2. The van der Waals surface area contributed by atoms with E-state index in [-0.39, 0.29) is 5.91 Å². The molecule has 0 spiro atoms. The Morgan fingerprint density at radius 3 is 2.84 bits per heavy atom. The largest absolute Gasteiger partial charge is 0.320 e. The lowest BCUT2D eigenvalue weighted by molar-refractivity contribution is 0.102. The van der Waals surface area contributed by atoms with Crippen LogP contribution in [0.5, 0.6) is 0 Å². The minimum absolute atomic E-state index is 0.165. The number of carbonyl (C=O) groups excluding carboxylic acids is 1. The Morgan fingerprint density at radius 2 is 2.00 bits per heavy atom. The summed E-state index contributed by atoms with van der Waals surface area (Å²) in [6.07, 6.45) is 0. The fourth-order valence-electron chi connectivity index (χ4n) is 1.73. The summed E-state index contributed by atoms with van der Waals surface area (Å²) in [5, 5.41) is 2.86. The van der Waals surface area contributed by atoms with Crippen LogP contribution in [0.4, 0.5) is 5.69 Å². The zero-order chi connectivity index (χ0) is 13.2. The van der Waals surface area contributed by atoms with Gasteiger partial charge in [0.25, 0.3) is 5.91 Å². The highest BCUT2D eigenvalue weighted by molar-refractivity contribution is 9.10. The second-order valence-electron chi connectivity index (χ2n) is 3.90. The smallest absolute Gasteiger partial charge is 0.255 e. The molecule has 1 amide bonds. The number of benzene rings is 2. The van der Waals surface area contributed by atoms with Gasteiger partial charge in [-0.2, -0.15) is 8.75 Å². The Labute approximate surface area is 121 Å². The predicted molar refractivity (Wildman–Crippen MR) is 79.5 cm³/mol. The van der Waals surface area contributed by atoms with Gasteiger partial charge in [0.15, 0.2) is 0 Å². The first-order valence-corrected chi connectivity index (χ1v) is 7.04. The highest BCUT2D eigenvalue weighted by Crippen LogP contribution is 2.22. The van der Waals surface area contributed by atoms with Gasteiger partial charge in [-0.25, -0.2) is 0 Å². The van der Waals surface area contributed by atoms with Crippen molar-refractivity contribution < 1.29 is 4.79 Å². The number of hydrogen-bond donors (Lipinski definition) is 1. The first-order chi connectivity index (χ1) is 9.24. The van der Waals surface area contributed by atoms with Crippen LogP contribution in [0.2, 0.25) is 0 Å². The van der Waals surface area contributed by atoms with E-state index in [1.54, 1.807) is 12.1 Å². The zero-order valence-corrected chi connectivity index (χ0v) is 12.0. The first-order valence-electron chi connectivity index (χ1n) is 5.52. The summed E-state index contributed by atoms with van der Waals surface area (Å²) >= 11 is 4.48. The quantitative estimate of drug-likeness (QED) is 0.777. The number of hydrogen-bond acceptors (Lipinski definition) is 4. The van der Waals surface area contributed by atoms with Gasteiger partial charge in [-0.15, -0.1) is 0 Å². The zero-order valence-electron chi connectivity index (χ0n) is 9.63. The molecule has 3 aromatic rings. The summed E-state index contributed by atoms with van der Waals surface area (Å²) in [5.74, 6) is -0.165. The molecule has 1 N–H and O–H groups in total. The molecule has 0 radical (unpaired) electrons. The minimum Gasteiger partial charge on any atom is -0.320 e. The van der Waals surface area contributed by atoms with Gasteiger partial charge in [-0.05, 0) is 30.3 Å². The lowest BCUT2D eigenvalue weighted by atomic mass is 10.2. The second kappa shape index (κ2) is 5.07. The normalized spacial score (nSPS) is 10.6. The molecule has 0 aliphatic carbocycles. The van der Waals surface area contributed by atoms with Crippen LogP contribution in [0.3, 0.4) is 0 Å². The van der Waals surface area contributed by atoms with Crippen LogP contribution in [0, 0.1) is 0 Å². The topological polar surface area (TPSA) is 54.9 Å². The number of fused-ring (bicyclic) bond motifs is 1. The van der Waals surface area contributed by atoms with Crippen LogP contribution in [0.1, 0.15) is 10.4 Å². The summed E-state index contributed by atoms with van der Waals surface area (Å²) in [5.41, 5.74) is 2.78. The van der Waals surface area contributed by atoms with Gasteiger partial charge in [-0.3, -0.25) is 4.79 Å². The molecule has 0 fully saturated rings. The van der Waals surface area contributed by atoms with Gasteiger partial charge in [0.05, 0.1) is 17.4 Å². The van der Waals surface area contributed by atoms with Crippen molar-refractivity contribution in [3.63, 3.8) is 0 Å². The third-order valence-corrected chi connectivity index (χ3v) is 3.66. The van der Waals surface area contributed by atoms with Gasteiger partial charge in [0, 0.05) is 10.0 Å². The molecule has 3 rings (SSSR count). The number of rotatable bonds is 2. The maximum absolute atomic E-state index is 12.2. The molecule has 0 bridgehead atoms. The number of amides is 1. The van der Waals surface area contributed by atoms with E-state index < -0.39 is 0 Å². The Bertz CT molecular complexity index is 756. The van der Waals surface area contributed by atoms with E-state index in [1.807, 2.05) is 30.3 Å². The molecule has 0 saturated carbocycles. The van der Waals surface area contributed by atoms with Crippen molar-refractivity contribution in [1.82, 2.24) is 8.75 Å². The van der Waals surface area contributed by atoms with Gasteiger partial charge in [0.1, 0.15) is 11.0 Å². The lowest BCUT2D eigenvalue weighted by Crippen LogP contribution is -2.12. The Balaban J connectivity index is 1.93. The third kappa shape index (κ3) is 2.50. The first kappa shape index (κ1) is 12.3. The van der Waals surface area contributed by atoms with Gasteiger partial charge in [-0.1, -0.05) is 28.1 Å². The van der Waals surface area contributed by atoms with E-state index >= 15 is 0 Å². The number of aromatic nitrogens is 2. The van der Waals surface area contributed by atoms with Gasteiger partial charge < -0.3 is 5.32 Å². The summed E-state index contributed by atoms with van der Waals surface area (Å²) in [4.78, 5) is 12.2. The number of nitrogens with one attached hydrogen (secondary N) is 1. The minimum atomic E-state index is -0.165. The van der Waals surface area contributed by atoms with Crippen molar-refractivity contribution in [1.29, 1.82) is 0 Å². The lowest BCUT2D eigenvalue weighted by Gasteiger charge is -2.05. The molecule has 0 atom stereocenters. The van der Waals surface area contributed by atoms with E-state index in [0.29, 0.717) is 11.3 Å². The van der Waals surface area contributed by atoms with E-state index in [1.165, 1.54) is 0 Å². The molecular weight excluding hydrogens is 326 g/mol. The van der Waals surface area contributed by atoms with Crippen molar-refractivity contribution in [2.24, 2.45) is 0 Å². The van der Waals surface area contributed by atoms with Crippen molar-refractivity contribution >= 4 is 50.3 Å². The molecule has 0 aliphatic heterocycles. The maximum Gasteiger partial charge on any atom is 0.255 e. The summed E-state index contributed by atoms with van der Waals surface area (Å²) < 4.78 is 9.20. The fraction of sp³-hybridized carbons (Fsp3) is 0. The molecule has 4 nitrogen and oxygen atoms in total. The van der Waals surface area contributed by atoms with E-state index in [0.717, 1.165) is 27.2 Å². The molecule has 94 valence electrons. The Morgan fingerprint density at radius 1 is 1.16 bits per heavy atom. The molecule has 0 saturated heterocycles. The Kier molecular flexibility index (Phi) is 3.27. The monoisotopic (exact) mass is 333 g/mol. The average Bonchev–Trinajstić information content (AvgIpc) is 2.88. The second-order valence-corrected chi connectivity index (χ2v) is 5.35. The highest BCUT2D eigenvalue weighted by Gasteiger charge is 2.10. The van der Waals surface area contributed by atoms with Crippen LogP contribution < -0.4 is 5.32 Å². The number of halogens is 1. The SMILES string of the molecule is O=C(Nc1cccc2nsnc12)c1cccc(Br)c1. The Hall–Kier alpha value is -1.79. The highest BCUT2D eigenvalue weighted by atomic mass is 79.9. The van der Waals surface area contributed by atoms with Crippen LogP contribution in [-0.4, -0.2) is 14.7 Å². The molecular formula is C13H8BrN3OS.